The van der Waals surface area contributed by atoms with Crippen LogP contribution in [0.15, 0.2) is 40.9 Å². The quantitative estimate of drug-likeness (QED) is 0.940. The van der Waals surface area contributed by atoms with Crippen molar-refractivity contribution in [3.63, 3.8) is 0 Å². The maximum Gasteiger partial charge on any atom is 0.231 e. The van der Waals surface area contributed by atoms with Gasteiger partial charge in [0.25, 0.3) is 0 Å². The summed E-state index contributed by atoms with van der Waals surface area (Å²) in [6, 6.07) is 10.9. The van der Waals surface area contributed by atoms with Gasteiger partial charge < -0.3 is 19.3 Å². The van der Waals surface area contributed by atoms with Crippen LogP contribution in [0.5, 0.6) is 23.0 Å². The first-order chi connectivity index (χ1) is 9.26. The fourth-order valence-corrected chi connectivity index (χ4v) is 2.16. The lowest BCUT2D eigenvalue weighted by atomic mass is 10.2. The van der Waals surface area contributed by atoms with E-state index in [4.69, 9.17) is 14.2 Å². The zero-order valence-electron chi connectivity index (χ0n) is 9.93. The van der Waals surface area contributed by atoms with E-state index in [9.17, 15) is 5.11 Å². The first-order valence-electron chi connectivity index (χ1n) is 5.73. The van der Waals surface area contributed by atoms with Crippen LogP contribution in [0.3, 0.4) is 0 Å². The number of benzene rings is 2. The fourth-order valence-electron chi connectivity index (χ4n) is 1.82. The number of halogens is 1. The van der Waals surface area contributed by atoms with Gasteiger partial charge in [0.15, 0.2) is 11.5 Å². The second kappa shape index (κ2) is 5.11. The lowest BCUT2D eigenvalue weighted by Crippen LogP contribution is -1.93. The standard InChI is InChI=1S/C14H11BrO4/c15-10-2-1-9(7-16)13(5-10)19-11-3-4-12-14(6-11)18-8-17-12/h1-6,16H,7-8H2. The number of hydrogen-bond donors (Lipinski definition) is 1. The highest BCUT2D eigenvalue weighted by Gasteiger charge is 2.14. The highest BCUT2D eigenvalue weighted by Crippen LogP contribution is 2.37. The molecule has 0 atom stereocenters. The summed E-state index contributed by atoms with van der Waals surface area (Å²) >= 11 is 3.38. The molecule has 0 aliphatic carbocycles. The summed E-state index contributed by atoms with van der Waals surface area (Å²) in [5.41, 5.74) is 0.723. The van der Waals surface area contributed by atoms with Crippen molar-refractivity contribution < 1.29 is 19.3 Å². The lowest BCUT2D eigenvalue weighted by Gasteiger charge is -2.10. The number of fused-ring (bicyclic) bond motifs is 1. The molecule has 0 radical (unpaired) electrons. The van der Waals surface area contributed by atoms with E-state index in [0.29, 0.717) is 23.0 Å². The lowest BCUT2D eigenvalue weighted by molar-refractivity contribution is 0.174. The molecule has 1 N–H and O–H groups in total. The molecular weight excluding hydrogens is 312 g/mol. The smallest absolute Gasteiger partial charge is 0.231 e. The Labute approximate surface area is 118 Å². The molecule has 1 aliphatic rings. The Morgan fingerprint density at radius 2 is 1.95 bits per heavy atom. The number of ether oxygens (including phenoxy) is 3. The molecule has 4 nitrogen and oxygen atoms in total. The van der Waals surface area contributed by atoms with Crippen molar-refractivity contribution in [3.05, 3.63) is 46.4 Å². The minimum absolute atomic E-state index is 0.0762. The van der Waals surface area contributed by atoms with Gasteiger partial charge in [-0.05, 0) is 24.3 Å². The van der Waals surface area contributed by atoms with E-state index in [1.165, 1.54) is 0 Å². The molecule has 2 aromatic rings. The third kappa shape index (κ3) is 2.52. The molecule has 98 valence electrons. The van der Waals surface area contributed by atoms with Gasteiger partial charge in [-0.15, -0.1) is 0 Å². The molecule has 3 rings (SSSR count). The Morgan fingerprint density at radius 3 is 2.79 bits per heavy atom. The van der Waals surface area contributed by atoms with E-state index < -0.39 is 0 Å². The van der Waals surface area contributed by atoms with Gasteiger partial charge in [0.1, 0.15) is 11.5 Å². The monoisotopic (exact) mass is 322 g/mol. The maximum atomic E-state index is 9.30. The second-order valence-corrected chi connectivity index (χ2v) is 4.94. The number of aliphatic hydroxyl groups excluding tert-OH is 1. The normalized spacial score (nSPS) is 12.5. The molecule has 0 bridgehead atoms. The zero-order chi connectivity index (χ0) is 13.2. The molecular formula is C14H11BrO4. The van der Waals surface area contributed by atoms with Gasteiger partial charge in [0.2, 0.25) is 6.79 Å². The topological polar surface area (TPSA) is 47.9 Å². The Hall–Kier alpha value is -1.72. The maximum absolute atomic E-state index is 9.30. The van der Waals surface area contributed by atoms with E-state index in [0.717, 1.165) is 10.0 Å². The molecule has 0 spiro atoms. The van der Waals surface area contributed by atoms with Crippen molar-refractivity contribution in [2.75, 3.05) is 6.79 Å². The molecule has 0 amide bonds. The second-order valence-electron chi connectivity index (χ2n) is 4.03. The van der Waals surface area contributed by atoms with Crippen LogP contribution < -0.4 is 14.2 Å². The number of hydrogen-bond acceptors (Lipinski definition) is 4. The Kier molecular flexibility index (Phi) is 3.31. The van der Waals surface area contributed by atoms with Crippen LogP contribution in [0.2, 0.25) is 0 Å². The van der Waals surface area contributed by atoms with Crippen molar-refractivity contribution >= 4 is 15.9 Å². The van der Waals surface area contributed by atoms with E-state index >= 15 is 0 Å². The van der Waals surface area contributed by atoms with E-state index in [1.54, 1.807) is 18.2 Å². The number of rotatable bonds is 3. The molecule has 19 heavy (non-hydrogen) atoms. The van der Waals surface area contributed by atoms with Crippen LogP contribution in [0.1, 0.15) is 5.56 Å². The van der Waals surface area contributed by atoms with E-state index in [1.807, 2.05) is 18.2 Å². The van der Waals surface area contributed by atoms with Gasteiger partial charge >= 0.3 is 0 Å². The summed E-state index contributed by atoms with van der Waals surface area (Å²) in [6.07, 6.45) is 0. The van der Waals surface area contributed by atoms with Crippen LogP contribution in [0.25, 0.3) is 0 Å². The molecule has 5 heteroatoms. The first-order valence-corrected chi connectivity index (χ1v) is 6.52. The van der Waals surface area contributed by atoms with Crippen molar-refractivity contribution in [2.24, 2.45) is 0 Å². The van der Waals surface area contributed by atoms with Crippen LogP contribution in [0.4, 0.5) is 0 Å². The average molecular weight is 323 g/mol. The molecule has 1 heterocycles. The van der Waals surface area contributed by atoms with Crippen molar-refractivity contribution in [2.45, 2.75) is 6.61 Å². The molecule has 1 aliphatic heterocycles. The minimum Gasteiger partial charge on any atom is -0.457 e. The minimum atomic E-state index is -0.0762. The van der Waals surface area contributed by atoms with E-state index in [2.05, 4.69) is 15.9 Å². The predicted octanol–water partition coefficient (Wildman–Crippen LogP) is 3.46. The fraction of sp³-hybridized carbons (Fsp3) is 0.143. The van der Waals surface area contributed by atoms with Crippen LogP contribution >= 0.6 is 15.9 Å². The highest BCUT2D eigenvalue weighted by atomic mass is 79.9. The van der Waals surface area contributed by atoms with Gasteiger partial charge in [0.05, 0.1) is 6.61 Å². The van der Waals surface area contributed by atoms with Gasteiger partial charge in [-0.3, -0.25) is 0 Å². The van der Waals surface area contributed by atoms with Gasteiger partial charge in [-0.25, -0.2) is 0 Å². The largest absolute Gasteiger partial charge is 0.457 e. The zero-order valence-corrected chi connectivity index (χ0v) is 11.5. The van der Waals surface area contributed by atoms with Gasteiger partial charge in [-0.1, -0.05) is 22.0 Å². The van der Waals surface area contributed by atoms with Crippen molar-refractivity contribution in [3.8, 4) is 23.0 Å². The predicted molar refractivity (Wildman–Crippen MR) is 72.7 cm³/mol. The van der Waals surface area contributed by atoms with Crippen LogP contribution in [-0.4, -0.2) is 11.9 Å². The Balaban J connectivity index is 1.90. The summed E-state index contributed by atoms with van der Waals surface area (Å²) in [7, 11) is 0. The summed E-state index contributed by atoms with van der Waals surface area (Å²) in [5, 5.41) is 9.30. The van der Waals surface area contributed by atoms with Crippen LogP contribution in [-0.2, 0) is 6.61 Å². The average Bonchev–Trinajstić information content (AvgIpc) is 2.86. The third-order valence-electron chi connectivity index (χ3n) is 2.77. The molecule has 0 fully saturated rings. The molecule has 0 saturated heterocycles. The van der Waals surface area contributed by atoms with E-state index in [-0.39, 0.29) is 13.4 Å². The SMILES string of the molecule is OCc1ccc(Br)cc1Oc1ccc2c(c1)OCO2. The van der Waals surface area contributed by atoms with Crippen LogP contribution in [0, 0.1) is 0 Å². The third-order valence-corrected chi connectivity index (χ3v) is 3.26. The summed E-state index contributed by atoms with van der Waals surface area (Å²) in [4.78, 5) is 0. The Bertz CT molecular complexity index is 612. The molecule has 0 unspecified atom stereocenters. The first kappa shape index (κ1) is 12.3. The van der Waals surface area contributed by atoms with Gasteiger partial charge in [-0.2, -0.15) is 0 Å². The van der Waals surface area contributed by atoms with Gasteiger partial charge in [0, 0.05) is 16.1 Å². The molecule has 0 saturated carbocycles. The molecule has 0 aromatic heterocycles. The Morgan fingerprint density at radius 1 is 1.11 bits per heavy atom. The highest BCUT2D eigenvalue weighted by molar-refractivity contribution is 9.10. The number of aliphatic hydroxyl groups is 1. The summed E-state index contributed by atoms with van der Waals surface area (Å²) < 4.78 is 17.2. The molecule has 2 aromatic carbocycles. The summed E-state index contributed by atoms with van der Waals surface area (Å²) in [5.74, 6) is 2.62. The van der Waals surface area contributed by atoms with Crippen molar-refractivity contribution in [1.82, 2.24) is 0 Å². The van der Waals surface area contributed by atoms with Crippen molar-refractivity contribution in [1.29, 1.82) is 0 Å². The summed E-state index contributed by atoms with van der Waals surface area (Å²) in [6.45, 7) is 0.157.